The fourth-order valence-electron chi connectivity index (χ4n) is 2.87. The predicted molar refractivity (Wildman–Crippen MR) is 93.7 cm³/mol. The van der Waals surface area contributed by atoms with Gasteiger partial charge in [0.2, 0.25) is 5.91 Å². The van der Waals surface area contributed by atoms with E-state index in [1.807, 2.05) is 12.1 Å². The van der Waals surface area contributed by atoms with Gasteiger partial charge in [-0.2, -0.15) is 0 Å². The Balaban J connectivity index is 1.79. The number of hydrogen-bond acceptors (Lipinski definition) is 2. The third kappa shape index (κ3) is 2.91. The van der Waals surface area contributed by atoms with Crippen molar-refractivity contribution in [2.24, 2.45) is 0 Å². The standard InChI is InChI=1S/C19H21NOS/c1-12(2)15-9-6-7-13(3)18(15)20-19(21)17-11-14-8-4-5-10-16(14)22-17/h4-10,12,17H,11H2,1-3H3,(H,20,21). The highest BCUT2D eigenvalue weighted by Crippen LogP contribution is 2.38. The topological polar surface area (TPSA) is 29.1 Å². The lowest BCUT2D eigenvalue weighted by Gasteiger charge is -2.18. The van der Waals surface area contributed by atoms with Gasteiger partial charge in [-0.05, 0) is 42.0 Å². The molecule has 0 radical (unpaired) electrons. The average Bonchev–Trinajstić information content (AvgIpc) is 2.93. The first kappa shape index (κ1) is 15.2. The molecule has 1 aliphatic heterocycles. The maximum Gasteiger partial charge on any atom is 0.238 e. The van der Waals surface area contributed by atoms with E-state index in [2.05, 4.69) is 56.4 Å². The van der Waals surface area contributed by atoms with Crippen molar-refractivity contribution in [1.82, 2.24) is 0 Å². The molecule has 2 aromatic carbocycles. The van der Waals surface area contributed by atoms with Crippen LogP contribution in [-0.4, -0.2) is 11.2 Å². The third-order valence-corrected chi connectivity index (χ3v) is 5.43. The zero-order chi connectivity index (χ0) is 15.7. The Morgan fingerprint density at radius 2 is 1.95 bits per heavy atom. The Hall–Kier alpha value is -1.74. The van der Waals surface area contributed by atoms with Gasteiger partial charge in [-0.1, -0.05) is 50.2 Å². The minimum atomic E-state index is -0.0305. The average molecular weight is 311 g/mol. The van der Waals surface area contributed by atoms with E-state index in [1.54, 1.807) is 11.8 Å². The van der Waals surface area contributed by atoms with Gasteiger partial charge < -0.3 is 5.32 Å². The SMILES string of the molecule is Cc1cccc(C(C)C)c1NC(=O)C1Cc2ccccc2S1. The molecule has 3 rings (SSSR count). The minimum absolute atomic E-state index is 0.0305. The van der Waals surface area contributed by atoms with Crippen molar-refractivity contribution in [2.75, 3.05) is 5.32 Å². The Labute approximate surface area is 136 Å². The van der Waals surface area contributed by atoms with Crippen LogP contribution in [0.1, 0.15) is 36.5 Å². The smallest absolute Gasteiger partial charge is 0.238 e. The molecule has 1 atom stereocenters. The molecule has 0 aromatic heterocycles. The van der Waals surface area contributed by atoms with Gasteiger partial charge in [-0.3, -0.25) is 4.79 Å². The van der Waals surface area contributed by atoms with Crippen LogP contribution in [-0.2, 0) is 11.2 Å². The molecule has 1 heterocycles. The number of anilines is 1. The van der Waals surface area contributed by atoms with E-state index in [0.717, 1.165) is 17.7 Å². The minimum Gasteiger partial charge on any atom is -0.325 e. The van der Waals surface area contributed by atoms with Gasteiger partial charge in [0, 0.05) is 10.6 Å². The van der Waals surface area contributed by atoms with Crippen molar-refractivity contribution in [3.8, 4) is 0 Å². The van der Waals surface area contributed by atoms with Crippen LogP contribution in [0.5, 0.6) is 0 Å². The second-order valence-corrected chi connectivity index (χ2v) is 7.35. The Morgan fingerprint density at radius 1 is 1.18 bits per heavy atom. The molecule has 0 bridgehead atoms. The van der Waals surface area contributed by atoms with Gasteiger partial charge in [0.15, 0.2) is 0 Å². The normalized spacial score (nSPS) is 16.6. The first-order valence-electron chi connectivity index (χ1n) is 7.71. The number of aryl methyl sites for hydroxylation is 1. The van der Waals surface area contributed by atoms with E-state index in [-0.39, 0.29) is 11.2 Å². The molecule has 2 aromatic rings. The van der Waals surface area contributed by atoms with Crippen LogP contribution in [0, 0.1) is 6.92 Å². The predicted octanol–water partition coefficient (Wildman–Crippen LogP) is 4.77. The van der Waals surface area contributed by atoms with Crippen LogP contribution in [0.15, 0.2) is 47.4 Å². The van der Waals surface area contributed by atoms with Gasteiger partial charge in [-0.25, -0.2) is 0 Å². The molecule has 3 heteroatoms. The van der Waals surface area contributed by atoms with Gasteiger partial charge in [0.25, 0.3) is 0 Å². The first-order valence-corrected chi connectivity index (χ1v) is 8.59. The van der Waals surface area contributed by atoms with E-state index in [4.69, 9.17) is 0 Å². The maximum atomic E-state index is 12.7. The van der Waals surface area contributed by atoms with Crippen molar-refractivity contribution in [3.05, 3.63) is 59.2 Å². The lowest BCUT2D eigenvalue weighted by atomic mass is 9.98. The number of fused-ring (bicyclic) bond motifs is 1. The molecular weight excluding hydrogens is 290 g/mol. The first-order chi connectivity index (χ1) is 10.6. The zero-order valence-corrected chi connectivity index (χ0v) is 14.0. The van der Waals surface area contributed by atoms with Crippen LogP contribution in [0.25, 0.3) is 0 Å². The van der Waals surface area contributed by atoms with Gasteiger partial charge in [0.05, 0.1) is 5.25 Å². The highest BCUT2D eigenvalue weighted by Gasteiger charge is 2.28. The maximum absolute atomic E-state index is 12.7. The van der Waals surface area contributed by atoms with Crippen LogP contribution in [0.3, 0.4) is 0 Å². The Morgan fingerprint density at radius 3 is 2.68 bits per heavy atom. The van der Waals surface area contributed by atoms with Gasteiger partial charge in [-0.15, -0.1) is 11.8 Å². The number of para-hydroxylation sites is 1. The summed E-state index contributed by atoms with van der Waals surface area (Å²) >= 11 is 1.67. The van der Waals surface area contributed by atoms with E-state index >= 15 is 0 Å². The molecule has 0 fully saturated rings. The summed E-state index contributed by atoms with van der Waals surface area (Å²) < 4.78 is 0. The number of carbonyl (C=O) groups excluding carboxylic acids is 1. The third-order valence-electron chi connectivity index (χ3n) is 4.11. The van der Waals surface area contributed by atoms with Crippen LogP contribution in [0.2, 0.25) is 0 Å². The fraction of sp³-hybridized carbons (Fsp3) is 0.316. The number of hydrogen-bond donors (Lipinski definition) is 1. The highest BCUT2D eigenvalue weighted by atomic mass is 32.2. The number of nitrogens with one attached hydrogen (secondary N) is 1. The molecule has 0 saturated carbocycles. The summed E-state index contributed by atoms with van der Waals surface area (Å²) in [7, 11) is 0. The van der Waals surface area contributed by atoms with Crippen molar-refractivity contribution >= 4 is 23.4 Å². The largest absolute Gasteiger partial charge is 0.325 e. The summed E-state index contributed by atoms with van der Waals surface area (Å²) in [5.74, 6) is 0.501. The molecule has 2 nitrogen and oxygen atoms in total. The highest BCUT2D eigenvalue weighted by molar-refractivity contribution is 8.01. The fourth-order valence-corrected chi connectivity index (χ4v) is 4.07. The molecule has 0 saturated heterocycles. The van der Waals surface area contributed by atoms with E-state index < -0.39 is 0 Å². The van der Waals surface area contributed by atoms with Crippen LogP contribution < -0.4 is 5.32 Å². The zero-order valence-electron chi connectivity index (χ0n) is 13.2. The van der Waals surface area contributed by atoms with E-state index in [9.17, 15) is 4.79 Å². The summed E-state index contributed by atoms with van der Waals surface area (Å²) in [4.78, 5) is 13.9. The van der Waals surface area contributed by atoms with Crippen molar-refractivity contribution < 1.29 is 4.79 Å². The van der Waals surface area contributed by atoms with Crippen molar-refractivity contribution in [1.29, 1.82) is 0 Å². The molecule has 1 N–H and O–H groups in total. The number of carbonyl (C=O) groups is 1. The lowest BCUT2D eigenvalue weighted by Crippen LogP contribution is -2.25. The molecule has 114 valence electrons. The summed E-state index contributed by atoms with van der Waals surface area (Å²) in [6, 6.07) is 14.5. The second kappa shape index (κ2) is 6.17. The summed E-state index contributed by atoms with van der Waals surface area (Å²) in [5.41, 5.74) is 4.59. The monoisotopic (exact) mass is 311 g/mol. The summed E-state index contributed by atoms with van der Waals surface area (Å²) in [5, 5.41) is 3.15. The second-order valence-electron chi connectivity index (χ2n) is 6.10. The van der Waals surface area contributed by atoms with Gasteiger partial charge >= 0.3 is 0 Å². The molecule has 1 aliphatic rings. The van der Waals surface area contributed by atoms with Gasteiger partial charge in [0.1, 0.15) is 0 Å². The molecule has 22 heavy (non-hydrogen) atoms. The van der Waals surface area contributed by atoms with E-state index in [1.165, 1.54) is 16.0 Å². The molecule has 1 unspecified atom stereocenters. The van der Waals surface area contributed by atoms with Crippen molar-refractivity contribution in [3.63, 3.8) is 0 Å². The number of amides is 1. The summed E-state index contributed by atoms with van der Waals surface area (Å²) in [6.45, 7) is 6.37. The molecule has 1 amide bonds. The van der Waals surface area contributed by atoms with Crippen LogP contribution >= 0.6 is 11.8 Å². The Bertz CT molecular complexity index is 683. The Kier molecular flexibility index (Phi) is 4.25. The van der Waals surface area contributed by atoms with E-state index in [0.29, 0.717) is 5.92 Å². The lowest BCUT2D eigenvalue weighted by molar-refractivity contribution is -0.115. The number of thioether (sulfide) groups is 1. The number of rotatable bonds is 3. The number of benzene rings is 2. The van der Waals surface area contributed by atoms with Crippen molar-refractivity contribution in [2.45, 2.75) is 43.3 Å². The molecule has 0 aliphatic carbocycles. The summed E-state index contributed by atoms with van der Waals surface area (Å²) in [6.07, 6.45) is 0.815. The quantitative estimate of drug-likeness (QED) is 0.884. The molecular formula is C19H21NOS. The van der Waals surface area contributed by atoms with Crippen LogP contribution in [0.4, 0.5) is 5.69 Å². The molecule has 0 spiro atoms.